The van der Waals surface area contributed by atoms with E-state index in [9.17, 15) is 4.39 Å². The summed E-state index contributed by atoms with van der Waals surface area (Å²) in [5.74, 6) is -0.445. The van der Waals surface area contributed by atoms with Crippen molar-refractivity contribution in [3.05, 3.63) is 52.6 Å². The summed E-state index contributed by atoms with van der Waals surface area (Å²) in [7, 11) is 0. The van der Waals surface area contributed by atoms with Gasteiger partial charge in [-0.2, -0.15) is 4.98 Å². The largest absolute Gasteiger partial charge is 0.370 e. The van der Waals surface area contributed by atoms with Crippen molar-refractivity contribution < 1.29 is 4.39 Å². The van der Waals surface area contributed by atoms with Gasteiger partial charge in [-0.15, -0.1) is 0 Å². The van der Waals surface area contributed by atoms with Gasteiger partial charge in [0.1, 0.15) is 0 Å². The van der Waals surface area contributed by atoms with Crippen LogP contribution in [0, 0.1) is 11.2 Å². The number of nitrogens with zero attached hydrogens (tertiary/aromatic N) is 2. The maximum atomic E-state index is 12.9. The molecule has 2 rings (SSSR count). The molecule has 21 heavy (non-hydrogen) atoms. The molecule has 1 aromatic carbocycles. The molecule has 8 heteroatoms. The van der Waals surface area contributed by atoms with Crippen molar-refractivity contribution >= 4 is 23.5 Å². The highest BCUT2D eigenvalue weighted by Gasteiger charge is 2.04. The molecule has 0 fully saturated rings. The second kappa shape index (κ2) is 6.85. The fraction of sp³-hybridized carbons (Fsp3) is 0.154. The van der Waals surface area contributed by atoms with E-state index < -0.39 is 5.82 Å². The zero-order chi connectivity index (χ0) is 15.2. The first kappa shape index (κ1) is 15.0. The molecule has 2 aromatic rings. The molecule has 1 heterocycles. The van der Waals surface area contributed by atoms with E-state index >= 15 is 0 Å². The fourth-order valence-corrected chi connectivity index (χ4v) is 1.71. The summed E-state index contributed by atoms with van der Waals surface area (Å²) in [6.45, 7) is 0.988. The van der Waals surface area contributed by atoms with Crippen molar-refractivity contribution in [3.8, 4) is 0 Å². The van der Waals surface area contributed by atoms with Crippen LogP contribution < -0.4 is 16.4 Å². The van der Waals surface area contributed by atoms with Crippen LogP contribution in [0.3, 0.4) is 0 Å². The van der Waals surface area contributed by atoms with E-state index in [1.807, 2.05) is 24.3 Å². The van der Waals surface area contributed by atoms with E-state index in [1.54, 1.807) is 0 Å². The van der Waals surface area contributed by atoms with Gasteiger partial charge in [-0.25, -0.2) is 9.37 Å². The molecule has 0 aliphatic rings. The summed E-state index contributed by atoms with van der Waals surface area (Å²) in [5, 5.41) is 12.6. The Balaban J connectivity index is 1.91. The summed E-state index contributed by atoms with van der Waals surface area (Å²) in [5.41, 5.74) is 7.23. The maximum absolute atomic E-state index is 12.9. The molecule has 0 radical (unpaired) electrons. The van der Waals surface area contributed by atoms with Gasteiger partial charge in [0.05, 0.1) is 6.20 Å². The summed E-state index contributed by atoms with van der Waals surface area (Å²) in [6, 6.07) is 7.70. The maximum Gasteiger partial charge on any atom is 0.224 e. The topological polar surface area (TPSA) is 99.7 Å². The Morgan fingerprint density at radius 3 is 2.43 bits per heavy atom. The Kier molecular flexibility index (Phi) is 4.89. The van der Waals surface area contributed by atoms with Crippen molar-refractivity contribution in [1.29, 1.82) is 5.41 Å². The Morgan fingerprint density at radius 2 is 1.86 bits per heavy atom. The van der Waals surface area contributed by atoms with Crippen molar-refractivity contribution in [2.75, 3.05) is 5.32 Å². The number of hydrogen-bond acceptors (Lipinski definition) is 4. The van der Waals surface area contributed by atoms with Crippen LogP contribution in [-0.4, -0.2) is 15.9 Å². The second-order valence-corrected chi connectivity index (χ2v) is 4.63. The van der Waals surface area contributed by atoms with Crippen LogP contribution in [0.5, 0.6) is 0 Å². The standard InChI is InChI=1S/C13H14ClFN6/c14-11-10(15)7-20-13(21-11)19-6-9-3-1-8(2-4-9)5-18-12(16)17/h1-4,7H,5-6H2,(H4,16,17,18)(H,19,20,21). The number of halogens is 2. The third-order valence-electron chi connectivity index (χ3n) is 2.66. The van der Waals surface area contributed by atoms with E-state index in [0.717, 1.165) is 17.3 Å². The van der Waals surface area contributed by atoms with Gasteiger partial charge in [0, 0.05) is 13.1 Å². The average molecular weight is 309 g/mol. The highest BCUT2D eigenvalue weighted by molar-refractivity contribution is 6.29. The van der Waals surface area contributed by atoms with E-state index in [0.29, 0.717) is 13.1 Å². The van der Waals surface area contributed by atoms with Gasteiger partial charge in [-0.3, -0.25) is 5.41 Å². The molecule has 0 atom stereocenters. The quantitative estimate of drug-likeness (QED) is 0.384. The summed E-state index contributed by atoms with van der Waals surface area (Å²) >= 11 is 5.58. The lowest BCUT2D eigenvalue weighted by Crippen LogP contribution is -2.29. The lowest BCUT2D eigenvalue weighted by Gasteiger charge is -2.07. The number of nitrogens with two attached hydrogens (primary N) is 1. The molecule has 0 unspecified atom stereocenters. The van der Waals surface area contributed by atoms with Gasteiger partial charge < -0.3 is 16.4 Å². The Hall–Kier alpha value is -2.41. The molecule has 0 bridgehead atoms. The van der Waals surface area contributed by atoms with Crippen LogP contribution in [0.4, 0.5) is 10.3 Å². The number of rotatable bonds is 5. The molecular formula is C13H14ClFN6. The first-order chi connectivity index (χ1) is 10.0. The lowest BCUT2D eigenvalue weighted by molar-refractivity contribution is 0.614. The second-order valence-electron chi connectivity index (χ2n) is 4.27. The van der Waals surface area contributed by atoms with Gasteiger partial charge in [0.2, 0.25) is 5.95 Å². The molecule has 0 spiro atoms. The van der Waals surface area contributed by atoms with E-state index in [1.165, 1.54) is 0 Å². The molecule has 6 nitrogen and oxygen atoms in total. The SMILES string of the molecule is N=C(N)NCc1ccc(CNc2ncc(F)c(Cl)n2)cc1. The summed E-state index contributed by atoms with van der Waals surface area (Å²) in [4.78, 5) is 7.57. The smallest absolute Gasteiger partial charge is 0.224 e. The number of hydrogen-bond donors (Lipinski definition) is 4. The van der Waals surface area contributed by atoms with Crippen LogP contribution in [0.15, 0.2) is 30.5 Å². The Bertz CT molecular complexity index is 631. The van der Waals surface area contributed by atoms with Crippen molar-refractivity contribution in [3.63, 3.8) is 0 Å². The fourth-order valence-electron chi connectivity index (χ4n) is 1.58. The number of aromatic nitrogens is 2. The van der Waals surface area contributed by atoms with Crippen molar-refractivity contribution in [2.24, 2.45) is 5.73 Å². The first-order valence-corrected chi connectivity index (χ1v) is 6.50. The van der Waals surface area contributed by atoms with E-state index in [2.05, 4.69) is 20.6 Å². The lowest BCUT2D eigenvalue weighted by atomic mass is 10.1. The number of anilines is 1. The van der Waals surface area contributed by atoms with Gasteiger partial charge in [-0.05, 0) is 11.1 Å². The molecular weight excluding hydrogens is 295 g/mol. The van der Waals surface area contributed by atoms with Crippen LogP contribution >= 0.6 is 11.6 Å². The number of guanidine groups is 1. The minimum absolute atomic E-state index is 0.0638. The van der Waals surface area contributed by atoms with Crippen LogP contribution in [-0.2, 0) is 13.1 Å². The van der Waals surface area contributed by atoms with Gasteiger partial charge >= 0.3 is 0 Å². The van der Waals surface area contributed by atoms with Gasteiger partial charge in [0.25, 0.3) is 0 Å². The molecule has 5 N–H and O–H groups in total. The van der Waals surface area contributed by atoms with Gasteiger partial charge in [0.15, 0.2) is 16.9 Å². The number of nitrogens with one attached hydrogen (secondary N) is 3. The summed E-state index contributed by atoms with van der Waals surface area (Å²) < 4.78 is 12.9. The summed E-state index contributed by atoms with van der Waals surface area (Å²) in [6.07, 6.45) is 1.02. The molecule has 1 aromatic heterocycles. The average Bonchev–Trinajstić information content (AvgIpc) is 2.47. The van der Waals surface area contributed by atoms with Crippen molar-refractivity contribution in [1.82, 2.24) is 15.3 Å². The highest BCUT2D eigenvalue weighted by Crippen LogP contribution is 2.12. The highest BCUT2D eigenvalue weighted by atomic mass is 35.5. The Morgan fingerprint density at radius 1 is 1.24 bits per heavy atom. The normalized spacial score (nSPS) is 10.2. The zero-order valence-electron chi connectivity index (χ0n) is 11.0. The predicted molar refractivity (Wildman–Crippen MR) is 79.5 cm³/mol. The molecule has 0 saturated heterocycles. The minimum atomic E-state index is -0.649. The van der Waals surface area contributed by atoms with E-state index in [4.69, 9.17) is 22.7 Å². The van der Waals surface area contributed by atoms with Crippen LogP contribution in [0.25, 0.3) is 0 Å². The molecule has 0 aliphatic heterocycles. The molecule has 0 aliphatic carbocycles. The van der Waals surface area contributed by atoms with Crippen LogP contribution in [0.2, 0.25) is 5.15 Å². The van der Waals surface area contributed by atoms with Crippen molar-refractivity contribution in [2.45, 2.75) is 13.1 Å². The predicted octanol–water partition coefficient (Wildman–Crippen LogP) is 1.86. The van der Waals surface area contributed by atoms with Gasteiger partial charge in [-0.1, -0.05) is 35.9 Å². The zero-order valence-corrected chi connectivity index (χ0v) is 11.8. The molecule has 0 saturated carbocycles. The molecule has 0 amide bonds. The minimum Gasteiger partial charge on any atom is -0.370 e. The third-order valence-corrected chi connectivity index (χ3v) is 2.92. The van der Waals surface area contributed by atoms with E-state index in [-0.39, 0.29) is 17.1 Å². The first-order valence-electron chi connectivity index (χ1n) is 6.12. The van der Waals surface area contributed by atoms with Crippen LogP contribution in [0.1, 0.15) is 11.1 Å². The third kappa shape index (κ3) is 4.57. The number of benzene rings is 1. The Labute approximate surface area is 126 Å². The molecule has 110 valence electrons. The monoisotopic (exact) mass is 308 g/mol.